The van der Waals surface area contributed by atoms with Gasteiger partial charge in [0.1, 0.15) is 0 Å². The smallest absolute Gasteiger partial charge is 0.244 e. The molecule has 2 aromatic rings. The number of nitrogens with zero attached hydrogens (tertiary/aromatic N) is 1. The van der Waals surface area contributed by atoms with Gasteiger partial charge in [0.25, 0.3) is 0 Å². The highest BCUT2D eigenvalue weighted by Crippen LogP contribution is 2.15. The number of hydrogen-bond donors (Lipinski definition) is 2. The van der Waals surface area contributed by atoms with E-state index in [0.29, 0.717) is 6.54 Å². The Kier molecular flexibility index (Phi) is 7.62. The Morgan fingerprint density at radius 3 is 2.48 bits per heavy atom. The molecule has 2 amide bonds. The third-order valence-corrected chi connectivity index (χ3v) is 4.09. The van der Waals surface area contributed by atoms with Crippen molar-refractivity contribution < 1.29 is 9.59 Å². The van der Waals surface area contributed by atoms with Crippen molar-refractivity contribution in [2.75, 3.05) is 29.9 Å². The molecule has 2 N–H and O–H groups in total. The first-order valence-corrected chi connectivity index (χ1v) is 9.13. The molecule has 0 aliphatic carbocycles. The van der Waals surface area contributed by atoms with E-state index in [0.717, 1.165) is 24.3 Å². The van der Waals surface area contributed by atoms with Crippen LogP contribution >= 0.6 is 0 Å². The van der Waals surface area contributed by atoms with Gasteiger partial charge >= 0.3 is 0 Å². The van der Waals surface area contributed by atoms with Gasteiger partial charge in [-0.2, -0.15) is 0 Å². The summed E-state index contributed by atoms with van der Waals surface area (Å²) in [7, 11) is 0. The Hall–Kier alpha value is -3.08. The number of nitrogens with one attached hydrogen (secondary N) is 2. The van der Waals surface area contributed by atoms with Crippen molar-refractivity contribution in [3.63, 3.8) is 0 Å². The maximum absolute atomic E-state index is 12.0. The highest BCUT2D eigenvalue weighted by Gasteiger charge is 2.04. The molecule has 2 rings (SSSR count). The summed E-state index contributed by atoms with van der Waals surface area (Å²) in [6.07, 6.45) is 3.28. The van der Waals surface area contributed by atoms with E-state index in [1.807, 2.05) is 18.2 Å². The zero-order valence-electron chi connectivity index (χ0n) is 16.2. The van der Waals surface area contributed by atoms with Crippen LogP contribution in [0.5, 0.6) is 0 Å². The molecular formula is C22H27N3O2. The van der Waals surface area contributed by atoms with Crippen LogP contribution in [0, 0.1) is 6.92 Å². The van der Waals surface area contributed by atoms with E-state index in [-0.39, 0.29) is 11.8 Å². The molecule has 0 spiro atoms. The van der Waals surface area contributed by atoms with Gasteiger partial charge in [0, 0.05) is 44.0 Å². The van der Waals surface area contributed by atoms with Gasteiger partial charge in [-0.25, -0.2) is 0 Å². The number of amides is 2. The van der Waals surface area contributed by atoms with E-state index in [1.54, 1.807) is 18.2 Å². The van der Waals surface area contributed by atoms with Crippen molar-refractivity contribution in [1.82, 2.24) is 5.32 Å². The number of benzene rings is 2. The molecule has 0 heterocycles. The third kappa shape index (κ3) is 6.98. The summed E-state index contributed by atoms with van der Waals surface area (Å²) in [6, 6.07) is 15.7. The maximum Gasteiger partial charge on any atom is 0.244 e. The Morgan fingerprint density at radius 1 is 1.11 bits per heavy atom. The number of carbonyl (C=O) groups excluding carboxylic acids is 2. The molecule has 0 aromatic heterocycles. The quantitative estimate of drug-likeness (QED) is 0.703. The molecule has 0 bridgehead atoms. The van der Waals surface area contributed by atoms with Crippen LogP contribution < -0.4 is 15.5 Å². The van der Waals surface area contributed by atoms with Crippen LogP contribution in [0.1, 0.15) is 25.0 Å². The van der Waals surface area contributed by atoms with Crippen molar-refractivity contribution in [1.29, 1.82) is 0 Å². The summed E-state index contributed by atoms with van der Waals surface area (Å²) in [5, 5.41) is 5.63. The summed E-state index contributed by atoms with van der Waals surface area (Å²) in [6.45, 7) is 7.87. The van der Waals surface area contributed by atoms with Crippen molar-refractivity contribution in [2.45, 2.75) is 20.8 Å². The summed E-state index contributed by atoms with van der Waals surface area (Å²) >= 11 is 0. The van der Waals surface area contributed by atoms with Crippen molar-refractivity contribution in [2.24, 2.45) is 0 Å². The normalized spacial score (nSPS) is 10.6. The average Bonchev–Trinajstić information content (AvgIpc) is 2.64. The van der Waals surface area contributed by atoms with Crippen LogP contribution in [0.25, 0.3) is 6.08 Å². The van der Waals surface area contributed by atoms with Gasteiger partial charge in [-0.1, -0.05) is 24.3 Å². The standard InChI is InChI=1S/C22H27N3O2/c1-4-25(21-7-5-6-17(2)16-21)15-14-23-22(27)13-10-19-8-11-20(12-9-19)24-18(3)26/h5-13,16H,4,14-15H2,1-3H3,(H,23,27)(H,24,26)/b13-10+. The lowest BCUT2D eigenvalue weighted by molar-refractivity contribution is -0.116. The number of rotatable bonds is 8. The fraction of sp³-hybridized carbons (Fsp3) is 0.273. The lowest BCUT2D eigenvalue weighted by Gasteiger charge is -2.23. The highest BCUT2D eigenvalue weighted by atomic mass is 16.2. The maximum atomic E-state index is 12.0. The van der Waals surface area contributed by atoms with E-state index < -0.39 is 0 Å². The third-order valence-electron chi connectivity index (χ3n) is 4.09. The summed E-state index contributed by atoms with van der Waals surface area (Å²) < 4.78 is 0. The molecule has 0 saturated heterocycles. The van der Waals surface area contributed by atoms with Crippen LogP contribution in [0.3, 0.4) is 0 Å². The molecule has 5 nitrogen and oxygen atoms in total. The lowest BCUT2D eigenvalue weighted by atomic mass is 10.2. The lowest BCUT2D eigenvalue weighted by Crippen LogP contribution is -2.34. The zero-order valence-corrected chi connectivity index (χ0v) is 16.2. The molecule has 0 aliphatic heterocycles. The monoisotopic (exact) mass is 365 g/mol. The van der Waals surface area contributed by atoms with E-state index in [9.17, 15) is 9.59 Å². The Balaban J connectivity index is 1.81. The minimum Gasteiger partial charge on any atom is -0.370 e. The second-order valence-corrected chi connectivity index (χ2v) is 6.35. The number of aryl methyl sites for hydroxylation is 1. The summed E-state index contributed by atoms with van der Waals surface area (Å²) in [5.41, 5.74) is 4.03. The van der Waals surface area contributed by atoms with Crippen LogP contribution in [-0.2, 0) is 9.59 Å². The van der Waals surface area contributed by atoms with Crippen LogP contribution in [-0.4, -0.2) is 31.4 Å². The van der Waals surface area contributed by atoms with E-state index >= 15 is 0 Å². The fourth-order valence-corrected chi connectivity index (χ4v) is 2.72. The Labute approximate surface area is 161 Å². The summed E-state index contributed by atoms with van der Waals surface area (Å²) in [5.74, 6) is -0.231. The van der Waals surface area contributed by atoms with Gasteiger partial charge in [-0.3, -0.25) is 9.59 Å². The van der Waals surface area contributed by atoms with Gasteiger partial charge in [0.05, 0.1) is 0 Å². The predicted octanol–water partition coefficient (Wildman–Crippen LogP) is 3.61. The minimum absolute atomic E-state index is 0.107. The van der Waals surface area contributed by atoms with Crippen LogP contribution in [0.15, 0.2) is 54.6 Å². The molecule has 0 saturated carbocycles. The zero-order chi connectivity index (χ0) is 19.6. The molecule has 5 heteroatoms. The van der Waals surface area contributed by atoms with E-state index in [2.05, 4.69) is 47.6 Å². The highest BCUT2D eigenvalue weighted by molar-refractivity contribution is 5.92. The van der Waals surface area contributed by atoms with E-state index in [1.165, 1.54) is 24.3 Å². The summed E-state index contributed by atoms with van der Waals surface area (Å²) in [4.78, 5) is 25.3. The van der Waals surface area contributed by atoms with Crippen LogP contribution in [0.2, 0.25) is 0 Å². The molecule has 142 valence electrons. The molecule has 0 fully saturated rings. The van der Waals surface area contributed by atoms with Crippen molar-refractivity contribution >= 4 is 29.3 Å². The van der Waals surface area contributed by atoms with Gasteiger partial charge in [0.15, 0.2) is 0 Å². The first-order chi connectivity index (χ1) is 13.0. The van der Waals surface area contributed by atoms with Crippen molar-refractivity contribution in [3.8, 4) is 0 Å². The molecule has 0 radical (unpaired) electrons. The number of hydrogen-bond acceptors (Lipinski definition) is 3. The largest absolute Gasteiger partial charge is 0.370 e. The predicted molar refractivity (Wildman–Crippen MR) is 112 cm³/mol. The average molecular weight is 365 g/mol. The molecule has 0 unspecified atom stereocenters. The number of likely N-dealkylation sites (N-methyl/N-ethyl adjacent to an activating group) is 1. The topological polar surface area (TPSA) is 61.4 Å². The molecule has 0 aliphatic rings. The van der Waals surface area contributed by atoms with Gasteiger partial charge in [-0.15, -0.1) is 0 Å². The minimum atomic E-state index is -0.124. The number of carbonyl (C=O) groups is 2. The fourth-order valence-electron chi connectivity index (χ4n) is 2.72. The van der Waals surface area contributed by atoms with Crippen LogP contribution in [0.4, 0.5) is 11.4 Å². The SMILES string of the molecule is CCN(CCNC(=O)/C=C/c1ccc(NC(C)=O)cc1)c1cccc(C)c1. The first kappa shape index (κ1) is 20.2. The second-order valence-electron chi connectivity index (χ2n) is 6.35. The van der Waals surface area contributed by atoms with Gasteiger partial charge < -0.3 is 15.5 Å². The van der Waals surface area contributed by atoms with Gasteiger partial charge in [0.2, 0.25) is 11.8 Å². The molecule has 27 heavy (non-hydrogen) atoms. The Morgan fingerprint density at radius 2 is 1.85 bits per heavy atom. The van der Waals surface area contributed by atoms with E-state index in [4.69, 9.17) is 0 Å². The molecular weight excluding hydrogens is 338 g/mol. The Bertz CT molecular complexity index is 797. The molecule has 2 aromatic carbocycles. The first-order valence-electron chi connectivity index (χ1n) is 9.13. The number of anilines is 2. The molecule has 0 atom stereocenters. The van der Waals surface area contributed by atoms with Gasteiger partial charge in [-0.05, 0) is 55.3 Å². The van der Waals surface area contributed by atoms with Crippen molar-refractivity contribution in [3.05, 3.63) is 65.7 Å². The second kappa shape index (κ2) is 10.2.